The van der Waals surface area contributed by atoms with E-state index >= 15 is 0 Å². The molecule has 2 nitrogen and oxygen atoms in total. The number of aliphatic imine (C=N–C) groups is 1. The smallest absolute Gasteiger partial charge is 0.234 e. The molecule has 1 aliphatic heterocycles. The summed E-state index contributed by atoms with van der Waals surface area (Å²) in [5, 5.41) is 2.79. The Hall–Kier alpha value is -1.96. The van der Waals surface area contributed by atoms with Crippen LogP contribution >= 0.6 is 0 Å². The Kier molecular flexibility index (Phi) is 3.87. The molecule has 0 saturated carbocycles. The molecule has 0 spiro atoms. The van der Waals surface area contributed by atoms with Crippen LogP contribution in [0.4, 0.5) is 0 Å². The molecule has 2 unspecified atom stereocenters. The van der Waals surface area contributed by atoms with Crippen molar-refractivity contribution in [2.75, 3.05) is 7.05 Å². The van der Waals surface area contributed by atoms with E-state index in [1.165, 1.54) is 27.5 Å². The molecule has 0 bridgehead atoms. The topological polar surface area (TPSA) is 15.4 Å². The van der Waals surface area contributed by atoms with Crippen LogP contribution < -0.4 is 0 Å². The van der Waals surface area contributed by atoms with Crippen LogP contribution in [-0.2, 0) is 5.41 Å². The number of hydrogen-bond acceptors (Lipinski definition) is 1. The highest BCUT2D eigenvalue weighted by molar-refractivity contribution is 5.97. The lowest BCUT2D eigenvalue weighted by Crippen LogP contribution is -2.33. The van der Waals surface area contributed by atoms with E-state index in [0.29, 0.717) is 12.0 Å². The largest absolute Gasteiger partial charge is 0.279 e. The zero-order valence-electron chi connectivity index (χ0n) is 15.1. The molecule has 23 heavy (non-hydrogen) atoms. The number of benzene rings is 2. The van der Waals surface area contributed by atoms with Crippen molar-refractivity contribution >= 4 is 23.3 Å². The molecule has 0 N–H and O–H groups in total. The second kappa shape index (κ2) is 5.59. The molecule has 120 valence electrons. The van der Waals surface area contributed by atoms with Gasteiger partial charge < -0.3 is 0 Å². The van der Waals surface area contributed by atoms with Gasteiger partial charge in [-0.25, -0.2) is 4.58 Å². The SMILES string of the molecule is C/N=C\[N+]1=Cc2cc(C(C)(C)C)c3ccccc3c2C(C)C1C. The Morgan fingerprint density at radius 1 is 1.09 bits per heavy atom. The summed E-state index contributed by atoms with van der Waals surface area (Å²) < 4.78 is 2.24. The first kappa shape index (κ1) is 15.9. The van der Waals surface area contributed by atoms with Gasteiger partial charge in [-0.15, -0.1) is 0 Å². The summed E-state index contributed by atoms with van der Waals surface area (Å²) >= 11 is 0. The quantitative estimate of drug-likeness (QED) is 0.411. The predicted octanol–water partition coefficient (Wildman–Crippen LogP) is 4.73. The third-order valence-electron chi connectivity index (χ3n) is 5.11. The lowest BCUT2D eigenvalue weighted by molar-refractivity contribution is -0.442. The van der Waals surface area contributed by atoms with Crippen LogP contribution in [0.1, 0.15) is 57.2 Å². The van der Waals surface area contributed by atoms with Crippen molar-refractivity contribution < 1.29 is 4.58 Å². The predicted molar refractivity (Wildman–Crippen MR) is 100 cm³/mol. The summed E-state index contributed by atoms with van der Waals surface area (Å²) in [6.45, 7) is 11.5. The lowest BCUT2D eigenvalue weighted by atomic mass is 9.77. The second-order valence-electron chi connectivity index (χ2n) is 7.70. The molecule has 1 aliphatic rings. The Bertz CT molecular complexity index is 806. The Morgan fingerprint density at radius 3 is 2.35 bits per heavy atom. The molecule has 3 rings (SSSR count). The molecule has 2 aromatic rings. The standard InChI is InChI=1S/C21H27N2/c1-14-15(2)23(13-22-6)12-16-11-19(21(3,4)5)17-9-7-8-10-18(17)20(14)16/h7-15H,1-6H3/q+1/b22-13-. The van der Waals surface area contributed by atoms with Crippen LogP contribution in [0.15, 0.2) is 35.3 Å². The van der Waals surface area contributed by atoms with Gasteiger partial charge in [0.2, 0.25) is 0 Å². The Labute approximate surface area is 139 Å². The van der Waals surface area contributed by atoms with E-state index in [1.54, 1.807) is 0 Å². The third kappa shape index (κ3) is 2.60. The van der Waals surface area contributed by atoms with E-state index in [9.17, 15) is 0 Å². The highest BCUT2D eigenvalue weighted by Crippen LogP contribution is 2.39. The van der Waals surface area contributed by atoms with Gasteiger partial charge in [0, 0.05) is 11.5 Å². The first-order valence-electron chi connectivity index (χ1n) is 8.45. The first-order chi connectivity index (χ1) is 10.8. The van der Waals surface area contributed by atoms with Crippen LogP contribution in [0.2, 0.25) is 0 Å². The molecule has 0 aromatic heterocycles. The molecule has 0 aliphatic carbocycles. The average Bonchev–Trinajstić information content (AvgIpc) is 2.50. The Morgan fingerprint density at radius 2 is 1.74 bits per heavy atom. The molecule has 2 aromatic carbocycles. The fourth-order valence-electron chi connectivity index (χ4n) is 3.70. The third-order valence-corrected chi connectivity index (χ3v) is 5.11. The van der Waals surface area contributed by atoms with Crippen molar-refractivity contribution in [1.29, 1.82) is 0 Å². The number of fused-ring (bicyclic) bond motifs is 3. The van der Waals surface area contributed by atoms with E-state index in [0.717, 1.165) is 0 Å². The van der Waals surface area contributed by atoms with Crippen LogP contribution in [0.3, 0.4) is 0 Å². The summed E-state index contributed by atoms with van der Waals surface area (Å²) in [5.74, 6) is 0.465. The van der Waals surface area contributed by atoms with Crippen LogP contribution in [0, 0.1) is 0 Å². The van der Waals surface area contributed by atoms with Crippen LogP contribution in [-0.4, -0.2) is 30.2 Å². The number of rotatable bonds is 1. The maximum atomic E-state index is 4.22. The Balaban J connectivity index is 2.39. The van der Waals surface area contributed by atoms with E-state index in [2.05, 4.69) is 80.7 Å². The summed E-state index contributed by atoms with van der Waals surface area (Å²) in [6.07, 6.45) is 4.20. The average molecular weight is 307 g/mol. The van der Waals surface area contributed by atoms with Crippen LogP contribution in [0.25, 0.3) is 10.8 Å². The van der Waals surface area contributed by atoms with Gasteiger partial charge in [0.05, 0.1) is 6.21 Å². The highest BCUT2D eigenvalue weighted by Gasteiger charge is 2.31. The van der Waals surface area contributed by atoms with Crippen LogP contribution in [0.5, 0.6) is 0 Å². The van der Waals surface area contributed by atoms with Crippen molar-refractivity contribution in [3.63, 3.8) is 0 Å². The minimum absolute atomic E-state index is 0.123. The zero-order valence-corrected chi connectivity index (χ0v) is 15.1. The molecule has 0 saturated heterocycles. The molecule has 2 atom stereocenters. The summed E-state index contributed by atoms with van der Waals surface area (Å²) in [6, 6.07) is 11.7. The minimum atomic E-state index is 0.123. The van der Waals surface area contributed by atoms with Gasteiger partial charge in [0.15, 0.2) is 0 Å². The van der Waals surface area contributed by atoms with Crippen molar-refractivity contribution in [2.24, 2.45) is 4.99 Å². The zero-order chi connectivity index (χ0) is 16.8. The van der Waals surface area contributed by atoms with Gasteiger partial charge in [0.1, 0.15) is 13.1 Å². The van der Waals surface area contributed by atoms with Crippen molar-refractivity contribution in [3.05, 3.63) is 47.0 Å². The monoisotopic (exact) mass is 307 g/mol. The van der Waals surface area contributed by atoms with Gasteiger partial charge in [-0.1, -0.05) is 57.0 Å². The van der Waals surface area contributed by atoms with Crippen molar-refractivity contribution in [1.82, 2.24) is 0 Å². The summed E-state index contributed by atoms with van der Waals surface area (Å²) in [4.78, 5) is 4.22. The van der Waals surface area contributed by atoms with Gasteiger partial charge in [-0.3, -0.25) is 0 Å². The van der Waals surface area contributed by atoms with Gasteiger partial charge in [-0.2, -0.15) is 0 Å². The van der Waals surface area contributed by atoms with E-state index in [4.69, 9.17) is 0 Å². The van der Waals surface area contributed by atoms with Crippen molar-refractivity contribution in [2.45, 2.75) is 52.0 Å². The molecule has 0 radical (unpaired) electrons. The lowest BCUT2D eigenvalue weighted by Gasteiger charge is -2.30. The highest BCUT2D eigenvalue weighted by atomic mass is 15.1. The minimum Gasteiger partial charge on any atom is -0.234 e. The fourth-order valence-corrected chi connectivity index (χ4v) is 3.70. The van der Waals surface area contributed by atoms with Crippen molar-refractivity contribution in [3.8, 4) is 0 Å². The molecular weight excluding hydrogens is 280 g/mol. The molecule has 1 heterocycles. The van der Waals surface area contributed by atoms with Gasteiger partial charge >= 0.3 is 0 Å². The maximum Gasteiger partial charge on any atom is 0.279 e. The van der Waals surface area contributed by atoms with E-state index in [1.807, 2.05) is 13.4 Å². The van der Waals surface area contributed by atoms with E-state index in [-0.39, 0.29) is 5.41 Å². The fraction of sp³-hybridized carbons (Fsp3) is 0.429. The summed E-state index contributed by atoms with van der Waals surface area (Å²) in [7, 11) is 1.84. The summed E-state index contributed by atoms with van der Waals surface area (Å²) in [5.41, 5.74) is 4.34. The molecule has 0 fully saturated rings. The molecular formula is C21H27N2+. The second-order valence-corrected chi connectivity index (χ2v) is 7.70. The first-order valence-corrected chi connectivity index (χ1v) is 8.45. The molecule has 0 amide bonds. The normalized spacial score (nSPS) is 21.6. The maximum absolute atomic E-state index is 4.22. The molecule has 2 heteroatoms. The van der Waals surface area contributed by atoms with Gasteiger partial charge in [-0.05, 0) is 40.3 Å². The number of hydrogen-bond donors (Lipinski definition) is 0. The number of nitrogens with zero attached hydrogens (tertiary/aromatic N) is 2. The van der Waals surface area contributed by atoms with Gasteiger partial charge in [0.25, 0.3) is 6.34 Å². The van der Waals surface area contributed by atoms with E-state index < -0.39 is 0 Å².